The van der Waals surface area contributed by atoms with E-state index in [0.717, 1.165) is 17.0 Å². The molecule has 1 aliphatic rings. The summed E-state index contributed by atoms with van der Waals surface area (Å²) in [7, 11) is 0. The van der Waals surface area contributed by atoms with Crippen molar-refractivity contribution >= 4 is 11.5 Å². The third-order valence-electron chi connectivity index (χ3n) is 3.83. The molecule has 1 saturated heterocycles. The van der Waals surface area contributed by atoms with E-state index in [4.69, 9.17) is 0 Å². The van der Waals surface area contributed by atoms with Crippen molar-refractivity contribution in [3.8, 4) is 0 Å². The number of rotatable bonds is 2. The molecule has 0 spiro atoms. The van der Waals surface area contributed by atoms with E-state index >= 15 is 0 Å². The van der Waals surface area contributed by atoms with Crippen LogP contribution in [-0.4, -0.2) is 38.4 Å². The van der Waals surface area contributed by atoms with Crippen molar-refractivity contribution < 1.29 is 5.11 Å². The summed E-state index contributed by atoms with van der Waals surface area (Å²) in [6, 6.07) is 4.09. The lowest BCUT2D eigenvalue weighted by atomic mass is 9.83. The lowest BCUT2D eigenvalue weighted by Crippen LogP contribution is -2.65. The standard InChI is InChI=1S/C13H18N4O/c1-9(2)13(18)6-16(7-13)12-5-10(3)4-11-14-8-15-17(11)12/h4-5,8-9,18H,6-7H2,1-3H3. The number of nitrogens with zero attached hydrogens (tertiary/aromatic N) is 4. The molecule has 0 bridgehead atoms. The van der Waals surface area contributed by atoms with E-state index in [1.54, 1.807) is 6.33 Å². The van der Waals surface area contributed by atoms with E-state index in [-0.39, 0.29) is 5.92 Å². The molecule has 0 aliphatic carbocycles. The normalized spacial score (nSPS) is 18.4. The molecule has 3 rings (SSSR count). The molecule has 0 unspecified atom stereocenters. The van der Waals surface area contributed by atoms with Gasteiger partial charge in [-0.3, -0.25) is 0 Å². The molecule has 0 saturated carbocycles. The average Bonchev–Trinajstić information content (AvgIpc) is 2.71. The maximum Gasteiger partial charge on any atom is 0.157 e. The average molecular weight is 246 g/mol. The molecular formula is C13H18N4O. The molecule has 1 aliphatic heterocycles. The van der Waals surface area contributed by atoms with Gasteiger partial charge in [0, 0.05) is 0 Å². The maximum atomic E-state index is 10.3. The third-order valence-corrected chi connectivity index (χ3v) is 3.83. The van der Waals surface area contributed by atoms with E-state index in [1.807, 2.05) is 17.5 Å². The predicted molar refractivity (Wildman–Crippen MR) is 69.7 cm³/mol. The first-order valence-corrected chi connectivity index (χ1v) is 6.27. The number of aromatic nitrogens is 3. The van der Waals surface area contributed by atoms with E-state index in [9.17, 15) is 5.11 Å². The number of aliphatic hydroxyl groups is 1. The Balaban J connectivity index is 1.95. The highest BCUT2D eigenvalue weighted by molar-refractivity contribution is 5.55. The van der Waals surface area contributed by atoms with Crippen molar-refractivity contribution in [2.45, 2.75) is 26.4 Å². The lowest BCUT2D eigenvalue weighted by Gasteiger charge is -2.50. The van der Waals surface area contributed by atoms with Crippen LogP contribution in [0.25, 0.3) is 5.65 Å². The molecule has 18 heavy (non-hydrogen) atoms. The number of anilines is 1. The Kier molecular flexibility index (Phi) is 2.35. The van der Waals surface area contributed by atoms with Crippen molar-refractivity contribution in [3.05, 3.63) is 24.0 Å². The zero-order valence-corrected chi connectivity index (χ0v) is 11.0. The zero-order chi connectivity index (χ0) is 12.9. The maximum absolute atomic E-state index is 10.3. The number of β-amino-alcohol motifs (C(OH)–C–C–N with tert-alkyl or cyclic N) is 1. The molecule has 2 aromatic rings. The Morgan fingerprint density at radius 2 is 2.06 bits per heavy atom. The van der Waals surface area contributed by atoms with Crippen molar-refractivity contribution in [1.29, 1.82) is 0 Å². The van der Waals surface area contributed by atoms with Crippen LogP contribution in [0.1, 0.15) is 19.4 Å². The van der Waals surface area contributed by atoms with Crippen LogP contribution in [0.2, 0.25) is 0 Å². The van der Waals surface area contributed by atoms with Crippen LogP contribution in [0.5, 0.6) is 0 Å². The fraction of sp³-hybridized carbons (Fsp3) is 0.538. The van der Waals surface area contributed by atoms with Crippen LogP contribution in [-0.2, 0) is 0 Å². The van der Waals surface area contributed by atoms with Crippen LogP contribution in [0, 0.1) is 12.8 Å². The first-order valence-electron chi connectivity index (χ1n) is 6.27. The fourth-order valence-corrected chi connectivity index (χ4v) is 2.40. The van der Waals surface area contributed by atoms with Gasteiger partial charge in [0.1, 0.15) is 17.7 Å². The van der Waals surface area contributed by atoms with Gasteiger partial charge < -0.3 is 10.0 Å². The van der Waals surface area contributed by atoms with Gasteiger partial charge in [-0.15, -0.1) is 0 Å². The first kappa shape index (κ1) is 11.5. The zero-order valence-electron chi connectivity index (χ0n) is 11.0. The molecule has 0 radical (unpaired) electrons. The van der Waals surface area contributed by atoms with Crippen molar-refractivity contribution in [2.24, 2.45) is 5.92 Å². The highest BCUT2D eigenvalue weighted by Gasteiger charge is 2.44. The van der Waals surface area contributed by atoms with Gasteiger partial charge in [-0.05, 0) is 30.5 Å². The summed E-state index contributed by atoms with van der Waals surface area (Å²) >= 11 is 0. The topological polar surface area (TPSA) is 53.7 Å². The van der Waals surface area contributed by atoms with Gasteiger partial charge in [-0.2, -0.15) is 9.61 Å². The number of hydrogen-bond donors (Lipinski definition) is 1. The van der Waals surface area contributed by atoms with Gasteiger partial charge in [-0.25, -0.2) is 4.98 Å². The van der Waals surface area contributed by atoms with Crippen LogP contribution in [0.15, 0.2) is 18.5 Å². The second-order valence-electron chi connectivity index (χ2n) is 5.54. The van der Waals surface area contributed by atoms with Crippen molar-refractivity contribution in [1.82, 2.24) is 14.6 Å². The smallest absolute Gasteiger partial charge is 0.157 e. The van der Waals surface area contributed by atoms with Crippen LogP contribution in [0.4, 0.5) is 5.82 Å². The molecule has 5 nitrogen and oxygen atoms in total. The van der Waals surface area contributed by atoms with Gasteiger partial charge >= 0.3 is 0 Å². The Hall–Kier alpha value is -1.62. The van der Waals surface area contributed by atoms with Crippen LogP contribution >= 0.6 is 0 Å². The molecule has 2 aromatic heterocycles. The molecule has 0 atom stereocenters. The van der Waals surface area contributed by atoms with E-state index in [1.165, 1.54) is 0 Å². The molecule has 3 heterocycles. The van der Waals surface area contributed by atoms with Crippen LogP contribution < -0.4 is 4.90 Å². The Bertz CT molecular complexity index is 584. The fourth-order valence-electron chi connectivity index (χ4n) is 2.40. The summed E-state index contributed by atoms with van der Waals surface area (Å²) in [6.07, 6.45) is 1.56. The first-order chi connectivity index (χ1) is 8.49. The summed E-state index contributed by atoms with van der Waals surface area (Å²) in [5, 5.41) is 14.6. The van der Waals surface area contributed by atoms with Crippen molar-refractivity contribution in [3.63, 3.8) is 0 Å². The van der Waals surface area contributed by atoms with Gasteiger partial charge in [0.05, 0.1) is 13.1 Å². The minimum Gasteiger partial charge on any atom is -0.386 e. The number of pyridine rings is 1. The van der Waals surface area contributed by atoms with Gasteiger partial charge in [-0.1, -0.05) is 13.8 Å². The van der Waals surface area contributed by atoms with E-state index in [0.29, 0.717) is 13.1 Å². The Labute approximate surface area is 106 Å². The largest absolute Gasteiger partial charge is 0.386 e. The summed E-state index contributed by atoms with van der Waals surface area (Å²) in [4.78, 5) is 6.36. The quantitative estimate of drug-likeness (QED) is 0.866. The highest BCUT2D eigenvalue weighted by atomic mass is 16.3. The van der Waals surface area contributed by atoms with Gasteiger partial charge in [0.2, 0.25) is 0 Å². The number of aryl methyl sites for hydroxylation is 1. The molecule has 5 heteroatoms. The molecule has 0 aromatic carbocycles. The third kappa shape index (κ3) is 1.58. The van der Waals surface area contributed by atoms with E-state index in [2.05, 4.69) is 34.9 Å². The second kappa shape index (κ2) is 3.68. The number of hydrogen-bond acceptors (Lipinski definition) is 4. The second-order valence-corrected chi connectivity index (χ2v) is 5.54. The molecule has 1 N–H and O–H groups in total. The number of fused-ring (bicyclic) bond motifs is 1. The SMILES string of the molecule is Cc1cc(N2CC(O)(C(C)C)C2)n2ncnc2c1. The molecule has 96 valence electrons. The van der Waals surface area contributed by atoms with Crippen molar-refractivity contribution in [2.75, 3.05) is 18.0 Å². The van der Waals surface area contributed by atoms with Gasteiger partial charge in [0.25, 0.3) is 0 Å². The molecular weight excluding hydrogens is 228 g/mol. The molecule has 0 amide bonds. The lowest BCUT2D eigenvalue weighted by molar-refractivity contribution is -0.0306. The molecule has 1 fully saturated rings. The summed E-state index contributed by atoms with van der Waals surface area (Å²) in [5.41, 5.74) is 1.44. The monoisotopic (exact) mass is 246 g/mol. The van der Waals surface area contributed by atoms with E-state index < -0.39 is 5.60 Å². The Morgan fingerprint density at radius 3 is 2.72 bits per heavy atom. The minimum atomic E-state index is -0.573. The summed E-state index contributed by atoms with van der Waals surface area (Å²) < 4.78 is 1.83. The predicted octanol–water partition coefficient (Wildman–Crippen LogP) is 1.24. The summed E-state index contributed by atoms with van der Waals surface area (Å²) in [5.74, 6) is 1.28. The van der Waals surface area contributed by atoms with Gasteiger partial charge in [0.15, 0.2) is 5.65 Å². The minimum absolute atomic E-state index is 0.268. The summed E-state index contributed by atoms with van der Waals surface area (Å²) in [6.45, 7) is 7.47. The van der Waals surface area contributed by atoms with Crippen LogP contribution in [0.3, 0.4) is 0 Å². The Morgan fingerprint density at radius 1 is 1.33 bits per heavy atom. The highest BCUT2D eigenvalue weighted by Crippen LogP contribution is 2.33.